The summed E-state index contributed by atoms with van der Waals surface area (Å²) in [7, 11) is 1.36. The third-order valence-corrected chi connectivity index (χ3v) is 4.08. The average Bonchev–Trinajstić information content (AvgIpc) is 2.72. The fourth-order valence-electron chi connectivity index (χ4n) is 2.90. The van der Waals surface area contributed by atoms with Crippen LogP contribution in [0.15, 0.2) is 24.3 Å². The van der Waals surface area contributed by atoms with E-state index < -0.39 is 5.97 Å². The first-order valence-corrected chi connectivity index (χ1v) is 7.03. The molecule has 108 valence electrons. The maximum absolute atomic E-state index is 11.4. The number of hydrogen-bond acceptors (Lipinski definition) is 3. The van der Waals surface area contributed by atoms with Crippen LogP contribution in [0.3, 0.4) is 0 Å². The minimum absolute atomic E-state index is 0.247. The maximum atomic E-state index is 11.4. The zero-order valence-electron chi connectivity index (χ0n) is 11.7. The topological polar surface area (TPSA) is 63.6 Å². The fraction of sp³-hybridized carbons (Fsp3) is 0.500. The molecule has 0 bridgehead atoms. The highest BCUT2D eigenvalue weighted by molar-refractivity contribution is 5.89. The third-order valence-electron chi connectivity index (χ3n) is 4.08. The van der Waals surface area contributed by atoms with Crippen LogP contribution in [0.4, 0.5) is 0 Å². The molecular weight excluding hydrogens is 256 g/mol. The molecule has 0 aliphatic heterocycles. The summed E-state index contributed by atoms with van der Waals surface area (Å²) in [4.78, 5) is 22.6. The van der Waals surface area contributed by atoms with Crippen LogP contribution in [0.1, 0.15) is 53.9 Å². The molecule has 0 radical (unpaired) electrons. The summed E-state index contributed by atoms with van der Waals surface area (Å²) in [5.74, 6) is -1.02. The molecule has 4 nitrogen and oxygen atoms in total. The van der Waals surface area contributed by atoms with Gasteiger partial charge in [-0.3, -0.25) is 4.79 Å². The van der Waals surface area contributed by atoms with Crippen LogP contribution in [0.2, 0.25) is 0 Å². The van der Waals surface area contributed by atoms with Gasteiger partial charge in [-0.2, -0.15) is 0 Å². The number of esters is 1. The molecule has 4 heteroatoms. The Morgan fingerprint density at radius 1 is 1.15 bits per heavy atom. The third kappa shape index (κ3) is 3.38. The molecule has 0 amide bonds. The van der Waals surface area contributed by atoms with Crippen LogP contribution >= 0.6 is 0 Å². The molecule has 1 fully saturated rings. The Morgan fingerprint density at radius 2 is 1.80 bits per heavy atom. The quantitative estimate of drug-likeness (QED) is 0.680. The summed E-state index contributed by atoms with van der Waals surface area (Å²) < 4.78 is 4.67. The summed E-state index contributed by atoms with van der Waals surface area (Å²) in [5.41, 5.74) is 1.64. The summed E-state index contributed by atoms with van der Waals surface area (Å²) in [5, 5.41) is 9.22. The van der Waals surface area contributed by atoms with Gasteiger partial charge < -0.3 is 9.84 Å². The molecule has 1 N–H and O–H groups in total. The Balaban J connectivity index is 2.13. The molecule has 1 aromatic rings. The highest BCUT2D eigenvalue weighted by Crippen LogP contribution is 2.35. The predicted molar refractivity (Wildman–Crippen MR) is 74.7 cm³/mol. The SMILES string of the molecule is COC(=O)c1ccc(C2CCCCC(C(=O)O)C2)cc1. The van der Waals surface area contributed by atoms with Crippen molar-refractivity contribution in [2.24, 2.45) is 5.92 Å². The summed E-state index contributed by atoms with van der Waals surface area (Å²) in [6, 6.07) is 7.34. The number of carboxylic acids is 1. The number of carbonyl (C=O) groups is 2. The van der Waals surface area contributed by atoms with Crippen LogP contribution in [-0.2, 0) is 9.53 Å². The van der Waals surface area contributed by atoms with Crippen molar-refractivity contribution in [3.8, 4) is 0 Å². The first-order chi connectivity index (χ1) is 9.61. The van der Waals surface area contributed by atoms with Crippen molar-refractivity contribution in [1.29, 1.82) is 0 Å². The molecule has 1 aliphatic carbocycles. The number of hydrogen-bond donors (Lipinski definition) is 1. The Labute approximate surface area is 118 Å². The van der Waals surface area contributed by atoms with Crippen molar-refractivity contribution >= 4 is 11.9 Å². The van der Waals surface area contributed by atoms with Crippen LogP contribution in [-0.4, -0.2) is 24.2 Å². The molecule has 0 saturated heterocycles. The molecule has 0 spiro atoms. The van der Waals surface area contributed by atoms with Gasteiger partial charge in [0.2, 0.25) is 0 Å². The molecule has 2 atom stereocenters. The summed E-state index contributed by atoms with van der Waals surface area (Å²) in [6.45, 7) is 0. The number of benzene rings is 1. The van der Waals surface area contributed by atoms with E-state index in [9.17, 15) is 14.7 Å². The number of ether oxygens (including phenoxy) is 1. The largest absolute Gasteiger partial charge is 0.481 e. The molecule has 0 aromatic heterocycles. The summed E-state index contributed by atoms with van der Waals surface area (Å²) >= 11 is 0. The zero-order valence-corrected chi connectivity index (χ0v) is 11.7. The van der Waals surface area contributed by atoms with Gasteiger partial charge >= 0.3 is 11.9 Å². The first-order valence-electron chi connectivity index (χ1n) is 7.03. The average molecular weight is 276 g/mol. The van der Waals surface area contributed by atoms with Gasteiger partial charge in [-0.05, 0) is 42.9 Å². The van der Waals surface area contributed by atoms with Crippen LogP contribution in [0.25, 0.3) is 0 Å². The fourth-order valence-corrected chi connectivity index (χ4v) is 2.90. The van der Waals surface area contributed by atoms with E-state index in [4.69, 9.17) is 0 Å². The zero-order chi connectivity index (χ0) is 14.5. The Hall–Kier alpha value is -1.84. The lowest BCUT2D eigenvalue weighted by Gasteiger charge is -2.17. The minimum Gasteiger partial charge on any atom is -0.481 e. The van der Waals surface area contributed by atoms with Crippen molar-refractivity contribution in [2.45, 2.75) is 38.0 Å². The minimum atomic E-state index is -0.692. The summed E-state index contributed by atoms with van der Waals surface area (Å²) in [6.07, 6.45) is 4.52. The molecule has 2 rings (SSSR count). The van der Waals surface area contributed by atoms with E-state index in [0.29, 0.717) is 12.0 Å². The highest BCUT2D eigenvalue weighted by Gasteiger charge is 2.26. The van der Waals surface area contributed by atoms with E-state index in [1.165, 1.54) is 7.11 Å². The van der Waals surface area contributed by atoms with Crippen molar-refractivity contribution in [3.63, 3.8) is 0 Å². The van der Waals surface area contributed by atoms with E-state index in [1.54, 1.807) is 12.1 Å². The lowest BCUT2D eigenvalue weighted by Crippen LogP contribution is -2.15. The van der Waals surface area contributed by atoms with Gasteiger partial charge in [-0.15, -0.1) is 0 Å². The second-order valence-corrected chi connectivity index (χ2v) is 5.37. The van der Waals surface area contributed by atoms with Crippen LogP contribution in [0.5, 0.6) is 0 Å². The number of methoxy groups -OCH3 is 1. The number of carboxylic acid groups (broad SMARTS) is 1. The normalized spacial score (nSPS) is 22.9. The van der Waals surface area contributed by atoms with Gasteiger partial charge in [0.25, 0.3) is 0 Å². The molecule has 20 heavy (non-hydrogen) atoms. The van der Waals surface area contributed by atoms with E-state index in [-0.39, 0.29) is 17.8 Å². The van der Waals surface area contributed by atoms with E-state index in [0.717, 1.165) is 31.2 Å². The van der Waals surface area contributed by atoms with Crippen molar-refractivity contribution < 1.29 is 19.4 Å². The first kappa shape index (κ1) is 14.6. The highest BCUT2D eigenvalue weighted by atomic mass is 16.5. The van der Waals surface area contributed by atoms with E-state index in [1.807, 2.05) is 12.1 Å². The van der Waals surface area contributed by atoms with Gasteiger partial charge in [0.1, 0.15) is 0 Å². The van der Waals surface area contributed by atoms with Gasteiger partial charge in [-0.25, -0.2) is 4.79 Å². The number of carbonyl (C=O) groups excluding carboxylic acids is 1. The molecule has 1 aromatic carbocycles. The van der Waals surface area contributed by atoms with Crippen LogP contribution in [0, 0.1) is 5.92 Å². The van der Waals surface area contributed by atoms with Crippen LogP contribution < -0.4 is 0 Å². The van der Waals surface area contributed by atoms with Gasteiger partial charge in [0.05, 0.1) is 18.6 Å². The molecular formula is C16H20O4. The monoisotopic (exact) mass is 276 g/mol. The molecule has 0 heterocycles. The van der Waals surface area contributed by atoms with Crippen molar-refractivity contribution in [3.05, 3.63) is 35.4 Å². The molecule has 2 unspecified atom stereocenters. The van der Waals surface area contributed by atoms with E-state index >= 15 is 0 Å². The maximum Gasteiger partial charge on any atom is 0.337 e. The predicted octanol–water partition coefficient (Wildman–Crippen LogP) is 3.22. The van der Waals surface area contributed by atoms with Crippen molar-refractivity contribution in [2.75, 3.05) is 7.11 Å². The Morgan fingerprint density at radius 3 is 2.40 bits per heavy atom. The Kier molecular flexibility index (Phi) is 4.77. The lowest BCUT2D eigenvalue weighted by molar-refractivity contribution is -0.142. The van der Waals surface area contributed by atoms with Gasteiger partial charge in [0.15, 0.2) is 0 Å². The standard InChI is InChI=1S/C16H20O4/c1-20-16(19)12-8-6-11(7-9-12)13-4-2-3-5-14(10-13)15(17)18/h6-9,13-14H,2-5,10H2,1H3,(H,17,18). The second kappa shape index (κ2) is 6.55. The Bertz CT molecular complexity index is 478. The van der Waals surface area contributed by atoms with E-state index in [2.05, 4.69) is 4.74 Å². The van der Waals surface area contributed by atoms with Gasteiger partial charge in [0, 0.05) is 0 Å². The smallest absolute Gasteiger partial charge is 0.337 e. The number of aliphatic carboxylic acids is 1. The molecule has 1 saturated carbocycles. The van der Waals surface area contributed by atoms with Crippen molar-refractivity contribution in [1.82, 2.24) is 0 Å². The second-order valence-electron chi connectivity index (χ2n) is 5.37. The molecule has 1 aliphatic rings. The lowest BCUT2D eigenvalue weighted by atomic mass is 9.87. The number of rotatable bonds is 3. The van der Waals surface area contributed by atoms with Gasteiger partial charge in [-0.1, -0.05) is 25.0 Å².